The van der Waals surface area contributed by atoms with Crippen LogP contribution in [0.15, 0.2) is 18.2 Å². The molecule has 0 saturated heterocycles. The van der Waals surface area contributed by atoms with E-state index in [9.17, 15) is 14.7 Å². The molecule has 0 aromatic heterocycles. The van der Waals surface area contributed by atoms with Crippen LogP contribution in [-0.4, -0.2) is 35.2 Å². The summed E-state index contributed by atoms with van der Waals surface area (Å²) in [5.74, 6) is -1.32. The van der Waals surface area contributed by atoms with E-state index in [4.69, 9.17) is 4.74 Å². The van der Waals surface area contributed by atoms with E-state index in [2.05, 4.69) is 5.32 Å². The fraction of sp³-hybridized carbons (Fsp3) is 0.600. The van der Waals surface area contributed by atoms with E-state index in [1.54, 1.807) is 6.07 Å². The Hall–Kier alpha value is -1.88. The Labute approximate surface area is 148 Å². The highest BCUT2D eigenvalue weighted by Gasteiger charge is 2.66. The van der Waals surface area contributed by atoms with Crippen LogP contribution in [0.1, 0.15) is 61.5 Å². The normalized spacial score (nSPS) is 27.1. The third-order valence-electron chi connectivity index (χ3n) is 6.07. The molecule has 1 fully saturated rings. The van der Waals surface area contributed by atoms with E-state index in [0.29, 0.717) is 18.6 Å². The van der Waals surface area contributed by atoms with Gasteiger partial charge >= 0.3 is 5.97 Å². The smallest absolute Gasteiger partial charge is 0.330 e. The first-order chi connectivity index (χ1) is 11.8. The summed E-state index contributed by atoms with van der Waals surface area (Å²) < 4.78 is 5.65. The van der Waals surface area contributed by atoms with Gasteiger partial charge in [-0.3, -0.25) is 4.79 Å². The quantitative estimate of drug-likeness (QED) is 0.860. The maximum absolute atomic E-state index is 12.8. The average Bonchev–Trinajstić information content (AvgIpc) is 2.59. The van der Waals surface area contributed by atoms with E-state index in [1.165, 1.54) is 17.5 Å². The number of hydrogen-bond donors (Lipinski definition) is 2. The lowest BCUT2D eigenvalue weighted by Gasteiger charge is -2.58. The van der Waals surface area contributed by atoms with Gasteiger partial charge in [0.25, 0.3) is 5.91 Å². The summed E-state index contributed by atoms with van der Waals surface area (Å²) in [4.78, 5) is 24.8. The first kappa shape index (κ1) is 17.9. The van der Waals surface area contributed by atoms with Crippen molar-refractivity contribution in [1.82, 2.24) is 5.32 Å². The molecule has 0 spiro atoms. The maximum Gasteiger partial charge on any atom is 0.330 e. The van der Waals surface area contributed by atoms with Gasteiger partial charge in [0.05, 0.1) is 6.10 Å². The summed E-state index contributed by atoms with van der Waals surface area (Å²) in [7, 11) is 0. The number of benzene rings is 1. The molecule has 2 aliphatic carbocycles. The average molecular weight is 345 g/mol. The van der Waals surface area contributed by atoms with Gasteiger partial charge in [-0.05, 0) is 55.9 Å². The summed E-state index contributed by atoms with van der Waals surface area (Å²) in [5.41, 5.74) is 1.09. The predicted molar refractivity (Wildman–Crippen MR) is 94.7 cm³/mol. The molecule has 5 heteroatoms. The largest absolute Gasteiger partial charge is 0.479 e. The van der Waals surface area contributed by atoms with E-state index in [1.807, 2.05) is 32.9 Å². The minimum atomic E-state index is -1.29. The molecule has 0 bridgehead atoms. The van der Waals surface area contributed by atoms with E-state index >= 15 is 0 Å². The minimum absolute atomic E-state index is 0.169. The first-order valence-electron chi connectivity index (χ1n) is 9.11. The van der Waals surface area contributed by atoms with Crippen LogP contribution in [0.4, 0.5) is 0 Å². The van der Waals surface area contributed by atoms with Gasteiger partial charge in [-0.25, -0.2) is 4.79 Å². The molecule has 2 unspecified atom stereocenters. The number of amides is 1. The third-order valence-corrected chi connectivity index (χ3v) is 6.07. The van der Waals surface area contributed by atoms with Crippen molar-refractivity contribution in [3.05, 3.63) is 34.9 Å². The van der Waals surface area contributed by atoms with Crippen molar-refractivity contribution in [3.8, 4) is 0 Å². The minimum Gasteiger partial charge on any atom is -0.479 e. The lowest BCUT2D eigenvalue weighted by molar-refractivity contribution is -0.190. The second kappa shape index (κ2) is 6.45. The summed E-state index contributed by atoms with van der Waals surface area (Å²) in [6.07, 6.45) is 4.49. The lowest BCUT2D eigenvalue weighted by Crippen LogP contribution is -2.76. The van der Waals surface area contributed by atoms with Crippen LogP contribution >= 0.6 is 0 Å². The SMILES string of the molecule is CCOC1CC(NC(=O)c2ccc3c(c2)CCCC3)(C(=O)O)C1(C)C. The van der Waals surface area contributed by atoms with Crippen LogP contribution in [0.25, 0.3) is 0 Å². The number of aliphatic carboxylic acids is 1. The Bertz CT molecular complexity index is 697. The number of carboxylic acids is 1. The molecule has 0 heterocycles. The highest BCUT2D eigenvalue weighted by atomic mass is 16.5. The third kappa shape index (κ3) is 2.84. The zero-order chi connectivity index (χ0) is 18.2. The highest BCUT2D eigenvalue weighted by Crippen LogP contribution is 2.51. The second-order valence-electron chi connectivity index (χ2n) is 7.72. The molecule has 2 atom stereocenters. The molecule has 1 aromatic rings. The van der Waals surface area contributed by atoms with Crippen molar-refractivity contribution in [2.75, 3.05) is 6.61 Å². The Morgan fingerprint density at radius 2 is 1.92 bits per heavy atom. The predicted octanol–water partition coefficient (Wildman–Crippen LogP) is 2.95. The van der Waals surface area contributed by atoms with Crippen LogP contribution in [0.3, 0.4) is 0 Å². The van der Waals surface area contributed by atoms with E-state index in [-0.39, 0.29) is 12.0 Å². The van der Waals surface area contributed by atoms with Gasteiger partial charge < -0.3 is 15.2 Å². The standard InChI is InChI=1S/C20H27NO4/c1-4-25-16-12-20(18(23)24,19(16,2)3)21-17(22)15-10-9-13-7-5-6-8-14(13)11-15/h9-11,16H,4-8,12H2,1-3H3,(H,21,22)(H,23,24). The van der Waals surface area contributed by atoms with Gasteiger partial charge in [0.2, 0.25) is 0 Å². The van der Waals surface area contributed by atoms with Gasteiger partial charge in [0, 0.05) is 24.0 Å². The van der Waals surface area contributed by atoms with Crippen LogP contribution in [-0.2, 0) is 22.4 Å². The molecule has 3 rings (SSSR count). The summed E-state index contributed by atoms with van der Waals surface area (Å²) in [6.45, 7) is 6.11. The van der Waals surface area contributed by atoms with Gasteiger partial charge in [-0.1, -0.05) is 19.9 Å². The molecular formula is C20H27NO4. The number of aryl methyl sites for hydroxylation is 2. The monoisotopic (exact) mass is 345 g/mol. The zero-order valence-electron chi connectivity index (χ0n) is 15.2. The summed E-state index contributed by atoms with van der Waals surface area (Å²) in [6, 6.07) is 5.73. The fourth-order valence-corrected chi connectivity index (χ4v) is 4.18. The summed E-state index contributed by atoms with van der Waals surface area (Å²) >= 11 is 0. The molecule has 5 nitrogen and oxygen atoms in total. The van der Waals surface area contributed by atoms with Gasteiger partial charge in [-0.15, -0.1) is 0 Å². The molecule has 1 amide bonds. The molecule has 0 aliphatic heterocycles. The zero-order valence-corrected chi connectivity index (χ0v) is 15.2. The highest BCUT2D eigenvalue weighted by molar-refractivity contribution is 5.99. The molecule has 1 aromatic carbocycles. The van der Waals surface area contributed by atoms with Crippen molar-refractivity contribution in [1.29, 1.82) is 0 Å². The van der Waals surface area contributed by atoms with Crippen molar-refractivity contribution in [2.45, 2.75) is 64.5 Å². The molecule has 0 radical (unpaired) electrons. The number of carboxylic acid groups (broad SMARTS) is 1. The van der Waals surface area contributed by atoms with Gasteiger partial charge in [0.1, 0.15) is 5.54 Å². The van der Waals surface area contributed by atoms with Crippen LogP contribution in [0, 0.1) is 5.41 Å². The number of hydrogen-bond acceptors (Lipinski definition) is 3. The molecule has 136 valence electrons. The maximum atomic E-state index is 12.8. The van der Waals surface area contributed by atoms with Crippen molar-refractivity contribution in [2.24, 2.45) is 5.41 Å². The molecule has 2 aliphatic rings. The molecule has 1 saturated carbocycles. The lowest BCUT2D eigenvalue weighted by atomic mass is 9.54. The fourth-order valence-electron chi connectivity index (χ4n) is 4.18. The van der Waals surface area contributed by atoms with Gasteiger partial charge in [-0.2, -0.15) is 0 Å². The number of fused-ring (bicyclic) bond motifs is 1. The Morgan fingerprint density at radius 1 is 1.24 bits per heavy atom. The number of carbonyl (C=O) groups excluding carboxylic acids is 1. The van der Waals surface area contributed by atoms with Gasteiger partial charge in [0.15, 0.2) is 0 Å². The number of ether oxygens (including phenoxy) is 1. The molecule has 25 heavy (non-hydrogen) atoms. The van der Waals surface area contributed by atoms with Crippen LogP contribution in [0.2, 0.25) is 0 Å². The number of carbonyl (C=O) groups is 2. The molecular weight excluding hydrogens is 318 g/mol. The Kier molecular flexibility index (Phi) is 4.62. The number of nitrogens with one attached hydrogen (secondary N) is 1. The Balaban J connectivity index is 1.82. The van der Waals surface area contributed by atoms with Crippen molar-refractivity contribution < 1.29 is 19.4 Å². The Morgan fingerprint density at radius 3 is 2.52 bits per heavy atom. The van der Waals surface area contributed by atoms with E-state index < -0.39 is 16.9 Å². The number of rotatable bonds is 5. The molecule has 2 N–H and O–H groups in total. The topological polar surface area (TPSA) is 75.6 Å². The second-order valence-corrected chi connectivity index (χ2v) is 7.72. The van der Waals surface area contributed by atoms with Crippen LogP contribution < -0.4 is 5.32 Å². The summed E-state index contributed by atoms with van der Waals surface area (Å²) in [5, 5.41) is 12.6. The first-order valence-corrected chi connectivity index (χ1v) is 9.11. The van der Waals surface area contributed by atoms with Crippen molar-refractivity contribution >= 4 is 11.9 Å². The van der Waals surface area contributed by atoms with Crippen LogP contribution in [0.5, 0.6) is 0 Å². The van der Waals surface area contributed by atoms with E-state index in [0.717, 1.165) is 19.3 Å². The van der Waals surface area contributed by atoms with Crippen molar-refractivity contribution in [3.63, 3.8) is 0 Å².